The Balaban J connectivity index is 2.34. The van der Waals surface area contributed by atoms with Gasteiger partial charge in [-0.25, -0.2) is 0 Å². The molecule has 3 N–H and O–H groups in total. The first-order chi connectivity index (χ1) is 14.5. The van der Waals surface area contributed by atoms with Crippen LogP contribution < -0.4 is 15.4 Å². The summed E-state index contributed by atoms with van der Waals surface area (Å²) in [7, 11) is 0. The van der Waals surface area contributed by atoms with Gasteiger partial charge >= 0.3 is 12.6 Å². The molecule has 0 aromatic heterocycles. The molecule has 0 radical (unpaired) electrons. The van der Waals surface area contributed by atoms with Gasteiger partial charge in [-0.2, -0.15) is 8.78 Å². The minimum Gasteiger partial charge on any atom is -0.466 e. The van der Waals surface area contributed by atoms with Crippen molar-refractivity contribution in [2.75, 3.05) is 26.2 Å². The SMILES string of the molecule is CCNC(=NCC(O)c1ccc(OC(F)F)cc1)NCCCCCCC(=O)OCC. The van der Waals surface area contributed by atoms with Gasteiger partial charge < -0.3 is 25.2 Å². The molecule has 1 aromatic carbocycles. The number of guanidine groups is 1. The molecule has 1 unspecified atom stereocenters. The summed E-state index contributed by atoms with van der Waals surface area (Å²) in [6.45, 7) is 2.82. The van der Waals surface area contributed by atoms with Crippen molar-refractivity contribution in [3.63, 3.8) is 0 Å². The van der Waals surface area contributed by atoms with E-state index in [-0.39, 0.29) is 18.3 Å². The number of rotatable bonds is 14. The number of benzene rings is 1. The maximum absolute atomic E-state index is 12.2. The molecule has 170 valence electrons. The van der Waals surface area contributed by atoms with Gasteiger partial charge in [0.05, 0.1) is 19.3 Å². The highest BCUT2D eigenvalue weighted by Crippen LogP contribution is 2.19. The van der Waals surface area contributed by atoms with Gasteiger partial charge in [0.15, 0.2) is 5.96 Å². The maximum Gasteiger partial charge on any atom is 0.387 e. The third-order valence-corrected chi connectivity index (χ3v) is 4.16. The highest BCUT2D eigenvalue weighted by molar-refractivity contribution is 5.79. The van der Waals surface area contributed by atoms with E-state index >= 15 is 0 Å². The summed E-state index contributed by atoms with van der Waals surface area (Å²) in [5.74, 6) is 0.495. The number of esters is 1. The van der Waals surface area contributed by atoms with E-state index in [0.717, 1.165) is 32.2 Å². The Morgan fingerprint density at radius 3 is 2.43 bits per heavy atom. The Hall–Kier alpha value is -2.42. The van der Waals surface area contributed by atoms with Crippen LogP contribution in [-0.2, 0) is 9.53 Å². The maximum atomic E-state index is 12.2. The Morgan fingerprint density at radius 2 is 1.80 bits per heavy atom. The fourth-order valence-corrected chi connectivity index (χ4v) is 2.68. The highest BCUT2D eigenvalue weighted by Gasteiger charge is 2.09. The zero-order valence-electron chi connectivity index (χ0n) is 17.7. The molecule has 1 rings (SSSR count). The Morgan fingerprint density at radius 1 is 1.10 bits per heavy atom. The summed E-state index contributed by atoms with van der Waals surface area (Å²) in [5, 5.41) is 16.6. The van der Waals surface area contributed by atoms with E-state index in [4.69, 9.17) is 4.74 Å². The Kier molecular flexibility index (Phi) is 13.2. The fourth-order valence-electron chi connectivity index (χ4n) is 2.68. The molecule has 0 aliphatic rings. The average Bonchev–Trinajstić information content (AvgIpc) is 2.71. The monoisotopic (exact) mass is 429 g/mol. The lowest BCUT2D eigenvalue weighted by Crippen LogP contribution is -2.38. The zero-order chi connectivity index (χ0) is 22.2. The smallest absolute Gasteiger partial charge is 0.387 e. The van der Waals surface area contributed by atoms with Crippen LogP contribution in [0, 0.1) is 0 Å². The third-order valence-electron chi connectivity index (χ3n) is 4.16. The Labute approximate surface area is 176 Å². The molecular weight excluding hydrogens is 396 g/mol. The number of carbonyl (C=O) groups is 1. The molecule has 7 nitrogen and oxygen atoms in total. The number of nitrogens with one attached hydrogen (secondary N) is 2. The lowest BCUT2D eigenvalue weighted by molar-refractivity contribution is -0.143. The van der Waals surface area contributed by atoms with E-state index in [1.54, 1.807) is 6.92 Å². The van der Waals surface area contributed by atoms with E-state index in [2.05, 4.69) is 20.4 Å². The summed E-state index contributed by atoms with van der Waals surface area (Å²) >= 11 is 0. The van der Waals surface area contributed by atoms with Gasteiger partial charge in [-0.15, -0.1) is 0 Å². The van der Waals surface area contributed by atoms with E-state index in [1.807, 2.05) is 6.92 Å². The van der Waals surface area contributed by atoms with Crippen molar-refractivity contribution >= 4 is 11.9 Å². The summed E-state index contributed by atoms with van der Waals surface area (Å²) in [4.78, 5) is 15.6. The summed E-state index contributed by atoms with van der Waals surface area (Å²) in [6, 6.07) is 5.85. The van der Waals surface area contributed by atoms with Gasteiger partial charge in [-0.1, -0.05) is 25.0 Å². The lowest BCUT2D eigenvalue weighted by Gasteiger charge is -2.14. The van der Waals surface area contributed by atoms with Gasteiger partial charge in [0.25, 0.3) is 0 Å². The van der Waals surface area contributed by atoms with Crippen molar-refractivity contribution in [3.8, 4) is 5.75 Å². The van der Waals surface area contributed by atoms with Crippen LogP contribution in [0.4, 0.5) is 8.78 Å². The van der Waals surface area contributed by atoms with Gasteiger partial charge in [-0.3, -0.25) is 9.79 Å². The molecule has 0 aliphatic heterocycles. The number of unbranched alkanes of at least 4 members (excludes halogenated alkanes) is 3. The van der Waals surface area contributed by atoms with Crippen LogP contribution in [0.3, 0.4) is 0 Å². The molecule has 0 saturated carbocycles. The van der Waals surface area contributed by atoms with E-state index < -0.39 is 12.7 Å². The van der Waals surface area contributed by atoms with Crippen molar-refractivity contribution in [1.29, 1.82) is 0 Å². The number of ether oxygens (including phenoxy) is 2. The molecule has 1 atom stereocenters. The Bertz CT molecular complexity index is 627. The number of hydrogen-bond donors (Lipinski definition) is 3. The van der Waals surface area contributed by atoms with Crippen LogP contribution >= 0.6 is 0 Å². The van der Waals surface area contributed by atoms with Crippen LogP contribution in [0.2, 0.25) is 0 Å². The number of aliphatic hydroxyl groups excluding tert-OH is 1. The molecule has 0 spiro atoms. The van der Waals surface area contributed by atoms with Crippen LogP contribution in [0.25, 0.3) is 0 Å². The van der Waals surface area contributed by atoms with Gasteiger partial charge in [-0.05, 0) is 44.4 Å². The minimum atomic E-state index is -2.88. The lowest BCUT2D eigenvalue weighted by atomic mass is 10.1. The van der Waals surface area contributed by atoms with Crippen molar-refractivity contribution in [3.05, 3.63) is 29.8 Å². The average molecular weight is 430 g/mol. The molecule has 0 fully saturated rings. The molecule has 0 heterocycles. The number of aliphatic hydroxyl groups is 1. The largest absolute Gasteiger partial charge is 0.466 e. The molecule has 0 amide bonds. The first-order valence-electron chi connectivity index (χ1n) is 10.4. The predicted octanol–water partition coefficient (Wildman–Crippen LogP) is 3.39. The number of nitrogens with zero attached hydrogens (tertiary/aromatic N) is 1. The topological polar surface area (TPSA) is 92.2 Å². The van der Waals surface area contributed by atoms with E-state index in [1.165, 1.54) is 24.3 Å². The van der Waals surface area contributed by atoms with Crippen molar-refractivity contribution < 1.29 is 28.2 Å². The molecule has 9 heteroatoms. The van der Waals surface area contributed by atoms with Crippen LogP contribution in [0.1, 0.15) is 57.6 Å². The van der Waals surface area contributed by atoms with E-state index in [9.17, 15) is 18.7 Å². The third kappa shape index (κ3) is 11.5. The number of alkyl halides is 2. The van der Waals surface area contributed by atoms with Gasteiger partial charge in [0, 0.05) is 19.5 Å². The molecule has 30 heavy (non-hydrogen) atoms. The first-order valence-corrected chi connectivity index (χ1v) is 10.4. The fraction of sp³-hybridized carbons (Fsp3) is 0.619. The van der Waals surface area contributed by atoms with Gasteiger partial charge in [0.1, 0.15) is 5.75 Å². The quantitative estimate of drug-likeness (QED) is 0.182. The van der Waals surface area contributed by atoms with Crippen LogP contribution in [0.5, 0.6) is 5.75 Å². The molecule has 0 aliphatic carbocycles. The van der Waals surface area contributed by atoms with Crippen LogP contribution in [0.15, 0.2) is 29.3 Å². The van der Waals surface area contributed by atoms with Crippen molar-refractivity contribution in [2.24, 2.45) is 4.99 Å². The number of hydrogen-bond acceptors (Lipinski definition) is 5. The number of aliphatic imine (C=N–C) groups is 1. The molecule has 0 saturated heterocycles. The number of halogens is 2. The first kappa shape index (κ1) is 25.6. The second kappa shape index (κ2) is 15.4. The summed E-state index contributed by atoms with van der Waals surface area (Å²) in [6.07, 6.45) is 3.30. The van der Waals surface area contributed by atoms with Crippen molar-refractivity contribution in [1.82, 2.24) is 10.6 Å². The minimum absolute atomic E-state index is 0.0433. The standard InChI is InChI=1S/C21H33F2N3O4/c1-3-24-21(25-14-8-6-5-7-9-19(28)29-4-2)26-15-18(27)16-10-12-17(13-11-16)30-20(22)23/h10-13,18,20,27H,3-9,14-15H2,1-2H3,(H2,24,25,26). The summed E-state index contributed by atoms with van der Waals surface area (Å²) < 4.78 is 33.6. The van der Waals surface area contributed by atoms with Gasteiger partial charge in [0.2, 0.25) is 0 Å². The summed E-state index contributed by atoms with van der Waals surface area (Å²) in [5.41, 5.74) is 0.567. The second-order valence-corrected chi connectivity index (χ2v) is 6.58. The highest BCUT2D eigenvalue weighted by atomic mass is 19.3. The zero-order valence-corrected chi connectivity index (χ0v) is 17.7. The van der Waals surface area contributed by atoms with Crippen molar-refractivity contribution in [2.45, 2.75) is 58.7 Å². The normalized spacial score (nSPS) is 12.5. The number of carbonyl (C=O) groups excluding carboxylic acids is 1. The van der Waals surface area contributed by atoms with E-state index in [0.29, 0.717) is 31.1 Å². The predicted molar refractivity (Wildman–Crippen MR) is 112 cm³/mol. The molecular formula is C21H33F2N3O4. The molecule has 0 bridgehead atoms. The van der Waals surface area contributed by atoms with Crippen LogP contribution in [-0.4, -0.2) is 49.9 Å². The second-order valence-electron chi connectivity index (χ2n) is 6.58. The molecule has 1 aromatic rings.